The van der Waals surface area contributed by atoms with E-state index >= 15 is 0 Å². The SMILES string of the molecule is COc1ccccc1C(CNS(=O)(=O)c1cc2c(cc1Cl)NC(=O)CO2)N1CCCC1. The monoisotopic (exact) mass is 465 g/mol. The van der Waals surface area contributed by atoms with Crippen molar-refractivity contribution in [3.8, 4) is 11.5 Å². The van der Waals surface area contributed by atoms with Gasteiger partial charge in [-0.05, 0) is 38.1 Å². The number of sulfonamides is 1. The number of rotatable bonds is 7. The minimum atomic E-state index is -3.93. The van der Waals surface area contributed by atoms with E-state index in [2.05, 4.69) is 14.9 Å². The van der Waals surface area contributed by atoms with Crippen LogP contribution in [0.2, 0.25) is 5.02 Å². The summed E-state index contributed by atoms with van der Waals surface area (Å²) in [6.45, 7) is 1.76. The van der Waals surface area contributed by atoms with Crippen molar-refractivity contribution in [2.75, 3.05) is 38.7 Å². The van der Waals surface area contributed by atoms with E-state index in [-0.39, 0.29) is 40.8 Å². The van der Waals surface area contributed by atoms with E-state index in [0.717, 1.165) is 37.2 Å². The van der Waals surface area contributed by atoms with Gasteiger partial charge in [0.05, 0.1) is 23.9 Å². The van der Waals surface area contributed by atoms with E-state index in [0.29, 0.717) is 5.69 Å². The number of para-hydroxylation sites is 1. The minimum absolute atomic E-state index is 0.00654. The first-order chi connectivity index (χ1) is 14.9. The van der Waals surface area contributed by atoms with Gasteiger partial charge >= 0.3 is 0 Å². The number of ether oxygens (including phenoxy) is 2. The second kappa shape index (κ2) is 9.04. The Morgan fingerprint density at radius 1 is 1.26 bits per heavy atom. The van der Waals surface area contributed by atoms with Crippen molar-refractivity contribution in [3.05, 3.63) is 47.0 Å². The van der Waals surface area contributed by atoms with E-state index in [9.17, 15) is 13.2 Å². The minimum Gasteiger partial charge on any atom is -0.496 e. The van der Waals surface area contributed by atoms with Crippen molar-refractivity contribution in [1.29, 1.82) is 0 Å². The lowest BCUT2D eigenvalue weighted by atomic mass is 10.0. The Morgan fingerprint density at radius 2 is 2.00 bits per heavy atom. The molecule has 0 aliphatic carbocycles. The lowest BCUT2D eigenvalue weighted by Crippen LogP contribution is -2.37. The van der Waals surface area contributed by atoms with E-state index in [4.69, 9.17) is 21.1 Å². The normalized spacial score (nSPS) is 17.5. The second-order valence-electron chi connectivity index (χ2n) is 7.47. The molecule has 2 aromatic rings. The fourth-order valence-corrected chi connectivity index (χ4v) is 5.56. The highest BCUT2D eigenvalue weighted by molar-refractivity contribution is 7.89. The van der Waals surface area contributed by atoms with E-state index in [1.165, 1.54) is 12.1 Å². The molecule has 1 unspecified atom stereocenters. The summed E-state index contributed by atoms with van der Waals surface area (Å²) < 4.78 is 39.8. The number of hydrogen-bond acceptors (Lipinski definition) is 6. The van der Waals surface area contributed by atoms with Gasteiger partial charge < -0.3 is 14.8 Å². The number of amides is 1. The third kappa shape index (κ3) is 4.64. The summed E-state index contributed by atoms with van der Waals surface area (Å²) >= 11 is 6.24. The standard InChI is InChI=1S/C21H24ClN3O5S/c1-29-18-7-3-2-6-14(18)17(25-8-4-5-9-25)12-23-31(27,28)20-11-19-16(10-15(20)22)24-21(26)13-30-19/h2-3,6-7,10-11,17,23H,4-5,8-9,12-13H2,1H3,(H,24,26). The summed E-state index contributed by atoms with van der Waals surface area (Å²) in [5.74, 6) is 0.669. The number of nitrogens with one attached hydrogen (secondary N) is 2. The van der Waals surface area contributed by atoms with Crippen LogP contribution in [0.25, 0.3) is 0 Å². The maximum Gasteiger partial charge on any atom is 0.262 e. The van der Waals surface area contributed by atoms with Gasteiger partial charge in [0.2, 0.25) is 10.0 Å². The molecule has 4 rings (SSSR count). The highest BCUT2D eigenvalue weighted by Crippen LogP contribution is 2.36. The molecule has 2 aliphatic heterocycles. The Hall–Kier alpha value is -2.33. The fourth-order valence-electron chi connectivity index (χ4n) is 3.98. The highest BCUT2D eigenvalue weighted by Gasteiger charge is 2.29. The largest absolute Gasteiger partial charge is 0.496 e. The number of anilines is 1. The molecule has 10 heteroatoms. The van der Waals surface area contributed by atoms with Crippen LogP contribution in [-0.2, 0) is 14.8 Å². The predicted molar refractivity (Wildman–Crippen MR) is 117 cm³/mol. The van der Waals surface area contributed by atoms with Crippen LogP contribution in [0.15, 0.2) is 41.3 Å². The zero-order valence-corrected chi connectivity index (χ0v) is 18.6. The third-order valence-corrected chi connectivity index (χ3v) is 7.39. The van der Waals surface area contributed by atoms with Gasteiger partial charge in [0.15, 0.2) is 6.61 Å². The van der Waals surface area contributed by atoms with Gasteiger partial charge in [0, 0.05) is 18.2 Å². The smallest absolute Gasteiger partial charge is 0.262 e. The molecule has 1 saturated heterocycles. The molecule has 2 aliphatic rings. The van der Waals surface area contributed by atoms with Gasteiger partial charge in [-0.1, -0.05) is 29.8 Å². The lowest BCUT2D eigenvalue weighted by Gasteiger charge is -2.29. The molecule has 2 heterocycles. The van der Waals surface area contributed by atoms with Crippen LogP contribution in [0.1, 0.15) is 24.4 Å². The topological polar surface area (TPSA) is 97.0 Å². The first-order valence-corrected chi connectivity index (χ1v) is 11.9. The van der Waals surface area contributed by atoms with Gasteiger partial charge in [-0.2, -0.15) is 0 Å². The predicted octanol–water partition coefficient (Wildman–Crippen LogP) is 2.79. The average molecular weight is 466 g/mol. The maximum atomic E-state index is 13.1. The molecule has 0 bridgehead atoms. The molecule has 8 nitrogen and oxygen atoms in total. The maximum absolute atomic E-state index is 13.1. The Bertz CT molecular complexity index is 1090. The number of halogens is 1. The van der Waals surface area contributed by atoms with E-state index in [1.54, 1.807) is 7.11 Å². The second-order valence-corrected chi connectivity index (χ2v) is 9.61. The first-order valence-electron chi connectivity index (χ1n) is 10.0. The summed E-state index contributed by atoms with van der Waals surface area (Å²) in [6.07, 6.45) is 2.14. The molecule has 0 aromatic heterocycles. The molecule has 166 valence electrons. The fraction of sp³-hybridized carbons (Fsp3) is 0.381. The summed E-state index contributed by atoms with van der Waals surface area (Å²) in [6, 6.07) is 10.2. The van der Waals surface area contributed by atoms with Crippen LogP contribution in [0.3, 0.4) is 0 Å². The van der Waals surface area contributed by atoms with Crippen molar-refractivity contribution >= 4 is 33.2 Å². The molecular formula is C21H24ClN3O5S. The van der Waals surface area contributed by atoms with Gasteiger partial charge in [-0.15, -0.1) is 0 Å². The number of methoxy groups -OCH3 is 1. The molecule has 0 radical (unpaired) electrons. The summed E-state index contributed by atoms with van der Waals surface area (Å²) in [5.41, 5.74) is 1.28. The molecular weight excluding hydrogens is 442 g/mol. The average Bonchev–Trinajstić information content (AvgIpc) is 3.28. The quantitative estimate of drug-likeness (QED) is 0.652. The van der Waals surface area contributed by atoms with Crippen molar-refractivity contribution in [2.45, 2.75) is 23.8 Å². The molecule has 1 fully saturated rings. The number of benzene rings is 2. The molecule has 0 spiro atoms. The van der Waals surface area contributed by atoms with Crippen LogP contribution in [0, 0.1) is 0 Å². The van der Waals surface area contributed by atoms with Gasteiger partial charge in [-0.3, -0.25) is 9.69 Å². The van der Waals surface area contributed by atoms with Crippen LogP contribution in [-0.4, -0.2) is 52.6 Å². The summed E-state index contributed by atoms with van der Waals surface area (Å²) in [7, 11) is -2.33. The molecule has 1 atom stereocenters. The van der Waals surface area contributed by atoms with Crippen LogP contribution >= 0.6 is 11.6 Å². The lowest BCUT2D eigenvalue weighted by molar-refractivity contribution is -0.118. The van der Waals surface area contributed by atoms with Crippen molar-refractivity contribution in [3.63, 3.8) is 0 Å². The van der Waals surface area contributed by atoms with Crippen LogP contribution in [0.5, 0.6) is 11.5 Å². The zero-order valence-electron chi connectivity index (χ0n) is 17.1. The summed E-state index contributed by atoms with van der Waals surface area (Å²) in [5, 5.41) is 2.62. The van der Waals surface area contributed by atoms with Crippen molar-refractivity contribution in [1.82, 2.24) is 9.62 Å². The molecule has 0 saturated carbocycles. The zero-order chi connectivity index (χ0) is 22.0. The van der Waals surface area contributed by atoms with E-state index < -0.39 is 10.0 Å². The number of hydrogen-bond donors (Lipinski definition) is 2. The Morgan fingerprint density at radius 3 is 2.74 bits per heavy atom. The van der Waals surface area contributed by atoms with E-state index in [1.807, 2.05) is 24.3 Å². The Balaban J connectivity index is 1.60. The summed E-state index contributed by atoms with van der Waals surface area (Å²) in [4.78, 5) is 13.6. The molecule has 2 N–H and O–H groups in total. The van der Waals surface area contributed by atoms with Gasteiger partial charge in [-0.25, -0.2) is 13.1 Å². The number of nitrogens with zero attached hydrogens (tertiary/aromatic N) is 1. The highest BCUT2D eigenvalue weighted by atomic mass is 35.5. The number of carbonyl (C=O) groups is 1. The van der Waals surface area contributed by atoms with Crippen LogP contribution in [0.4, 0.5) is 5.69 Å². The van der Waals surface area contributed by atoms with Gasteiger partial charge in [0.25, 0.3) is 5.91 Å². The van der Waals surface area contributed by atoms with Gasteiger partial charge in [0.1, 0.15) is 16.4 Å². The molecule has 2 aromatic carbocycles. The van der Waals surface area contributed by atoms with Crippen molar-refractivity contribution in [2.24, 2.45) is 0 Å². The first kappa shape index (κ1) is 21.9. The Kier molecular flexibility index (Phi) is 6.38. The number of carbonyl (C=O) groups excluding carboxylic acids is 1. The Labute approximate surface area is 186 Å². The van der Waals surface area contributed by atoms with Crippen LogP contribution < -0.4 is 19.5 Å². The number of likely N-dealkylation sites (tertiary alicyclic amines) is 1. The number of fused-ring (bicyclic) bond motifs is 1. The molecule has 1 amide bonds. The molecule has 31 heavy (non-hydrogen) atoms. The van der Waals surface area contributed by atoms with Crippen molar-refractivity contribution < 1.29 is 22.7 Å². The third-order valence-electron chi connectivity index (χ3n) is 5.50.